The molecule has 3 amide bonds. The number of unbranched alkanes of at least 4 members (excludes halogenated alkanes) is 18. The number of hydrogen-bond acceptors (Lipinski definition) is 6. The summed E-state index contributed by atoms with van der Waals surface area (Å²) in [6.45, 7) is 32.2. The molecule has 0 spiro atoms. The maximum Gasteiger partial charge on any atom is 3.00 e. The number of amides is 3. The predicted molar refractivity (Wildman–Crippen MR) is 334 cm³/mol. The zero-order valence-electron chi connectivity index (χ0n) is 50.9. The van der Waals surface area contributed by atoms with E-state index in [0.29, 0.717) is 35.5 Å². The molecule has 0 aromatic heterocycles. The van der Waals surface area contributed by atoms with Crippen LogP contribution in [0.1, 0.15) is 314 Å². The SMILES string of the molecule is CCCCCCC(CC)CN(CC(CC)CCCCCC)C(=O)[S-].CCCCCCC(CC)CN(CC(CC)CCCCCC)C(=O)[S-].CCCCCCC(CC)CN(CC(CC)CCCCCC)C(=O)[S-].[Sb+3]. The van der Waals surface area contributed by atoms with Gasteiger partial charge in [0.15, 0.2) is 0 Å². The Balaban J connectivity index is -0.000000486. The van der Waals surface area contributed by atoms with Gasteiger partial charge in [-0.3, -0.25) is 0 Å². The average molecular weight is 1190 g/mol. The summed E-state index contributed by atoms with van der Waals surface area (Å²) < 4.78 is 0. The van der Waals surface area contributed by atoms with Gasteiger partial charge in [-0.05, 0) is 74.0 Å². The molecule has 0 aliphatic heterocycles. The molecular weight excluding hydrogens is 1060 g/mol. The summed E-state index contributed by atoms with van der Waals surface area (Å²) in [7, 11) is 0. The van der Waals surface area contributed by atoms with Crippen molar-refractivity contribution in [3.8, 4) is 0 Å². The van der Waals surface area contributed by atoms with Crippen LogP contribution in [0.3, 0.4) is 0 Å². The maximum atomic E-state index is 11.9. The summed E-state index contributed by atoms with van der Waals surface area (Å²) in [5.41, 5.74) is 0. The standard InChI is InChI=1S/3C21H43NOS.Sb/c3*1-5-9-11-13-15-19(7-3)17-22(21(23)24)18-20(8-4)16-14-12-10-6-2;/h3*19-20H,5-18H2,1-4H3,(H,23,24);/q;;;+3/p-3. The van der Waals surface area contributed by atoms with Gasteiger partial charge in [-0.2, -0.15) is 0 Å². The van der Waals surface area contributed by atoms with Gasteiger partial charge < -0.3 is 67.0 Å². The van der Waals surface area contributed by atoms with E-state index in [-0.39, 0.29) is 40.1 Å². The first-order chi connectivity index (χ1) is 34.7. The second-order valence-corrected chi connectivity index (χ2v) is 23.3. The van der Waals surface area contributed by atoms with E-state index in [1.807, 2.05) is 14.7 Å². The minimum absolute atomic E-state index is 0. The third-order valence-corrected chi connectivity index (χ3v) is 16.7. The zero-order chi connectivity index (χ0) is 54.6. The molecule has 0 rings (SSSR count). The van der Waals surface area contributed by atoms with Crippen LogP contribution < -0.4 is 0 Å². The fourth-order valence-corrected chi connectivity index (χ4v) is 10.7. The molecule has 0 aromatic carbocycles. The Bertz CT molecular complexity index is 966. The number of carbonyl (C=O) groups excluding carboxylic acids is 3. The molecule has 0 saturated carbocycles. The Labute approximate surface area is 492 Å². The van der Waals surface area contributed by atoms with Crippen LogP contribution in [0.25, 0.3) is 0 Å². The van der Waals surface area contributed by atoms with Gasteiger partial charge in [-0.15, -0.1) is 0 Å². The Morgan fingerprint density at radius 3 is 0.493 bits per heavy atom. The first-order valence-corrected chi connectivity index (χ1v) is 32.9. The van der Waals surface area contributed by atoms with Gasteiger partial charge in [0.1, 0.15) is 15.7 Å². The molecule has 0 N–H and O–H groups in total. The van der Waals surface area contributed by atoms with Crippen molar-refractivity contribution >= 4 is 78.0 Å². The second kappa shape index (κ2) is 59.5. The van der Waals surface area contributed by atoms with Gasteiger partial charge in [0.2, 0.25) is 0 Å². The van der Waals surface area contributed by atoms with Crippen LogP contribution in [-0.2, 0) is 37.9 Å². The van der Waals surface area contributed by atoms with Crippen LogP contribution in [0.15, 0.2) is 0 Å². The first kappa shape index (κ1) is 79.4. The second-order valence-electron chi connectivity index (χ2n) is 22.3. The van der Waals surface area contributed by atoms with Gasteiger partial charge in [-0.25, -0.2) is 0 Å². The molecule has 6 atom stereocenters. The van der Waals surface area contributed by atoms with Gasteiger partial charge in [0, 0.05) is 39.3 Å². The van der Waals surface area contributed by atoms with Gasteiger partial charge in [-0.1, -0.05) is 276 Å². The molecule has 2 radical (unpaired) electrons. The van der Waals surface area contributed by atoms with Crippen molar-refractivity contribution < 1.29 is 14.4 Å². The number of rotatable bonds is 48. The molecule has 73 heavy (non-hydrogen) atoms. The molecule has 0 aliphatic carbocycles. The molecule has 0 bridgehead atoms. The first-order valence-electron chi connectivity index (χ1n) is 31.6. The quantitative estimate of drug-likeness (QED) is 0.0344. The van der Waals surface area contributed by atoms with Gasteiger partial charge in [0.05, 0.1) is 0 Å². The molecule has 0 fully saturated rings. The van der Waals surface area contributed by atoms with Crippen LogP contribution in [-0.4, -0.2) is 94.1 Å². The largest absolute Gasteiger partial charge is 3.00 e. The Morgan fingerprint density at radius 1 is 0.260 bits per heavy atom. The van der Waals surface area contributed by atoms with Crippen LogP contribution in [0.2, 0.25) is 0 Å². The van der Waals surface area contributed by atoms with Gasteiger partial charge in [0.25, 0.3) is 0 Å². The minimum atomic E-state index is -0.144. The summed E-state index contributed by atoms with van der Waals surface area (Å²) >= 11 is 15.1. The summed E-state index contributed by atoms with van der Waals surface area (Å²) in [5.74, 6) is 3.70. The third-order valence-electron chi connectivity index (χ3n) is 15.9. The zero-order valence-corrected chi connectivity index (χ0v) is 55.9. The van der Waals surface area contributed by atoms with E-state index in [9.17, 15) is 14.4 Å². The Morgan fingerprint density at radius 2 is 0.397 bits per heavy atom. The van der Waals surface area contributed by atoms with E-state index in [1.165, 1.54) is 193 Å². The topological polar surface area (TPSA) is 60.9 Å². The predicted octanol–water partition coefficient (Wildman–Crippen LogP) is 20.5. The summed E-state index contributed by atoms with van der Waals surface area (Å²) in [5, 5.41) is -0.433. The number of hydrogen-bond donors (Lipinski definition) is 0. The van der Waals surface area contributed by atoms with Crippen molar-refractivity contribution in [3.05, 3.63) is 0 Å². The van der Waals surface area contributed by atoms with Crippen molar-refractivity contribution in [2.24, 2.45) is 35.5 Å². The number of carbonyl (C=O) groups is 3. The molecule has 0 aliphatic rings. The molecular formula is C63H126N3O3S3Sb. The van der Waals surface area contributed by atoms with Crippen molar-refractivity contribution in [1.82, 2.24) is 14.7 Å². The molecule has 434 valence electrons. The summed E-state index contributed by atoms with van der Waals surface area (Å²) in [6, 6.07) is 0. The minimum Gasteiger partial charge on any atom is -0.719 e. The molecule has 0 aromatic rings. The molecule has 6 nitrogen and oxygen atoms in total. The fourth-order valence-electron chi connectivity index (χ4n) is 10.2. The smallest absolute Gasteiger partial charge is 0.719 e. The van der Waals surface area contributed by atoms with Gasteiger partial charge >= 0.3 is 24.4 Å². The molecule has 6 unspecified atom stereocenters. The van der Waals surface area contributed by atoms with E-state index in [4.69, 9.17) is 37.9 Å². The van der Waals surface area contributed by atoms with Crippen LogP contribution in [0.5, 0.6) is 0 Å². The van der Waals surface area contributed by atoms with Crippen molar-refractivity contribution in [3.63, 3.8) is 0 Å². The monoisotopic (exact) mass is 1190 g/mol. The van der Waals surface area contributed by atoms with E-state index in [0.717, 1.165) is 77.8 Å². The van der Waals surface area contributed by atoms with Crippen molar-refractivity contribution in [1.29, 1.82) is 0 Å². The Kier molecular flexibility index (Phi) is 64.7. The van der Waals surface area contributed by atoms with Crippen LogP contribution in [0.4, 0.5) is 14.4 Å². The van der Waals surface area contributed by atoms with E-state index < -0.39 is 0 Å². The Hall–Kier alpha value is -0.112. The van der Waals surface area contributed by atoms with E-state index in [1.54, 1.807) is 0 Å². The average Bonchev–Trinajstić information content (AvgIpc) is 3.37. The fraction of sp³-hybridized carbons (Fsp3) is 0.952. The maximum absolute atomic E-state index is 11.9. The van der Waals surface area contributed by atoms with Crippen molar-refractivity contribution in [2.45, 2.75) is 314 Å². The summed E-state index contributed by atoms with van der Waals surface area (Å²) in [6.07, 6.45) is 45.7. The molecule has 0 saturated heterocycles. The summed E-state index contributed by atoms with van der Waals surface area (Å²) in [4.78, 5) is 41.7. The van der Waals surface area contributed by atoms with E-state index in [2.05, 4.69) is 83.1 Å². The third kappa shape index (κ3) is 49.9. The van der Waals surface area contributed by atoms with Crippen molar-refractivity contribution in [2.75, 3.05) is 39.3 Å². The van der Waals surface area contributed by atoms with E-state index >= 15 is 0 Å². The molecule has 0 heterocycles. The van der Waals surface area contributed by atoms with Crippen LogP contribution in [0, 0.1) is 35.5 Å². The van der Waals surface area contributed by atoms with Crippen LogP contribution >= 0.6 is 0 Å². The normalized spacial score (nSPS) is 13.5. The number of nitrogens with zero attached hydrogens (tertiary/aromatic N) is 3. The molecule has 10 heteroatoms.